The van der Waals surface area contributed by atoms with Crippen molar-refractivity contribution in [3.63, 3.8) is 0 Å². The van der Waals surface area contributed by atoms with Crippen LogP contribution < -0.4 is 5.32 Å². The molecule has 0 aliphatic heterocycles. The van der Waals surface area contributed by atoms with Crippen molar-refractivity contribution in [2.24, 2.45) is 0 Å². The maximum Gasteiger partial charge on any atom is 0.254 e. The van der Waals surface area contributed by atoms with Crippen LogP contribution in [0.5, 0.6) is 5.75 Å². The number of carbonyl (C=O) groups excluding carboxylic acids is 1. The van der Waals surface area contributed by atoms with Crippen molar-refractivity contribution in [2.45, 2.75) is 32.3 Å². The molecular weight excluding hydrogens is 275 g/mol. The number of phenols is 1. The van der Waals surface area contributed by atoms with Gasteiger partial charge in [0.2, 0.25) is 5.82 Å². The number of halogens is 3. The lowest BCUT2D eigenvalue weighted by Gasteiger charge is -2.25. The number of nitrogens with one attached hydrogen (secondary N) is 1. The summed E-state index contributed by atoms with van der Waals surface area (Å²) in [5.41, 5.74) is -1.98. The standard InChI is InChI=1S/C13H16F3NO3/c1-3-13(20,4-2)6-17-12(19)7-5-8(14)10(16)11(18)9(7)15/h5,18,20H,3-4,6H2,1-2H3,(H,17,19). The van der Waals surface area contributed by atoms with E-state index in [2.05, 4.69) is 5.32 Å². The summed E-state index contributed by atoms with van der Waals surface area (Å²) >= 11 is 0. The van der Waals surface area contributed by atoms with Gasteiger partial charge in [-0.05, 0) is 18.9 Å². The molecule has 1 rings (SSSR count). The number of benzene rings is 1. The number of hydrogen-bond donors (Lipinski definition) is 3. The summed E-state index contributed by atoms with van der Waals surface area (Å²) in [6, 6.07) is 0.358. The van der Waals surface area contributed by atoms with Crippen LogP contribution in [0, 0.1) is 17.5 Å². The van der Waals surface area contributed by atoms with E-state index in [1.807, 2.05) is 0 Å². The average molecular weight is 291 g/mol. The van der Waals surface area contributed by atoms with E-state index in [-0.39, 0.29) is 6.54 Å². The fourth-order valence-corrected chi connectivity index (χ4v) is 1.60. The van der Waals surface area contributed by atoms with Crippen molar-refractivity contribution in [1.29, 1.82) is 0 Å². The molecule has 0 spiro atoms. The van der Waals surface area contributed by atoms with Crippen molar-refractivity contribution in [3.05, 3.63) is 29.1 Å². The minimum atomic E-state index is -1.75. The Morgan fingerprint density at radius 3 is 2.30 bits per heavy atom. The van der Waals surface area contributed by atoms with E-state index in [1.165, 1.54) is 0 Å². The quantitative estimate of drug-likeness (QED) is 0.728. The van der Waals surface area contributed by atoms with Crippen LogP contribution in [0.1, 0.15) is 37.0 Å². The highest BCUT2D eigenvalue weighted by molar-refractivity contribution is 5.95. The van der Waals surface area contributed by atoms with E-state index in [9.17, 15) is 23.1 Å². The zero-order valence-electron chi connectivity index (χ0n) is 11.1. The zero-order chi connectivity index (χ0) is 15.5. The van der Waals surface area contributed by atoms with Gasteiger partial charge in [-0.2, -0.15) is 4.39 Å². The topological polar surface area (TPSA) is 69.6 Å². The average Bonchev–Trinajstić information content (AvgIpc) is 2.45. The van der Waals surface area contributed by atoms with Crippen molar-refractivity contribution < 1.29 is 28.2 Å². The molecule has 0 bridgehead atoms. The molecule has 0 heterocycles. The monoisotopic (exact) mass is 291 g/mol. The first-order valence-corrected chi connectivity index (χ1v) is 6.12. The molecule has 1 aromatic carbocycles. The fraction of sp³-hybridized carbons (Fsp3) is 0.462. The van der Waals surface area contributed by atoms with Gasteiger partial charge in [-0.1, -0.05) is 13.8 Å². The Hall–Kier alpha value is -1.76. The summed E-state index contributed by atoms with van der Waals surface area (Å²) in [7, 11) is 0. The predicted molar refractivity (Wildman–Crippen MR) is 65.8 cm³/mol. The molecule has 7 heteroatoms. The molecule has 0 atom stereocenters. The lowest BCUT2D eigenvalue weighted by molar-refractivity contribution is 0.0313. The Balaban J connectivity index is 2.94. The minimum Gasteiger partial charge on any atom is -0.503 e. The molecule has 3 N–H and O–H groups in total. The second kappa shape index (κ2) is 6.13. The molecule has 20 heavy (non-hydrogen) atoms. The summed E-state index contributed by atoms with van der Waals surface area (Å²) in [6.45, 7) is 3.25. The van der Waals surface area contributed by atoms with Crippen molar-refractivity contribution in [1.82, 2.24) is 5.32 Å². The first-order valence-electron chi connectivity index (χ1n) is 6.12. The third-order valence-electron chi connectivity index (χ3n) is 3.27. The number of amides is 1. The lowest BCUT2D eigenvalue weighted by Crippen LogP contribution is -2.42. The lowest BCUT2D eigenvalue weighted by atomic mass is 9.97. The molecule has 0 radical (unpaired) electrons. The van der Waals surface area contributed by atoms with Crippen LogP contribution in [0.25, 0.3) is 0 Å². The van der Waals surface area contributed by atoms with Gasteiger partial charge in [0.15, 0.2) is 17.4 Å². The molecule has 1 amide bonds. The fourth-order valence-electron chi connectivity index (χ4n) is 1.60. The number of phenolic OH excluding ortho intramolecular Hbond substituents is 1. The summed E-state index contributed by atoms with van der Waals surface area (Å²) in [5, 5.41) is 21.2. The molecule has 1 aromatic rings. The number of aromatic hydroxyl groups is 1. The third-order valence-corrected chi connectivity index (χ3v) is 3.27. The number of rotatable bonds is 5. The van der Waals surface area contributed by atoms with Crippen LogP contribution in [0.2, 0.25) is 0 Å². The van der Waals surface area contributed by atoms with E-state index in [0.29, 0.717) is 18.9 Å². The molecule has 4 nitrogen and oxygen atoms in total. The molecule has 112 valence electrons. The Labute approximate surface area is 114 Å². The summed E-state index contributed by atoms with van der Waals surface area (Å²) < 4.78 is 39.4. The molecule has 0 saturated heterocycles. The van der Waals surface area contributed by atoms with Gasteiger partial charge in [-0.15, -0.1) is 0 Å². The van der Waals surface area contributed by atoms with Gasteiger partial charge >= 0.3 is 0 Å². The Bertz CT molecular complexity index is 516. The SMILES string of the molecule is CCC(O)(CC)CNC(=O)c1cc(F)c(F)c(O)c1F. The molecule has 0 unspecified atom stereocenters. The van der Waals surface area contributed by atoms with Crippen LogP contribution in [0.15, 0.2) is 6.07 Å². The van der Waals surface area contributed by atoms with E-state index in [4.69, 9.17) is 5.11 Å². The highest BCUT2D eigenvalue weighted by Crippen LogP contribution is 2.25. The van der Waals surface area contributed by atoms with Crippen molar-refractivity contribution in [2.75, 3.05) is 6.54 Å². The molecule has 0 saturated carbocycles. The van der Waals surface area contributed by atoms with Gasteiger partial charge in [0.25, 0.3) is 5.91 Å². The largest absolute Gasteiger partial charge is 0.503 e. The van der Waals surface area contributed by atoms with E-state index < -0.39 is 40.3 Å². The van der Waals surface area contributed by atoms with Crippen LogP contribution in [0.4, 0.5) is 13.2 Å². The van der Waals surface area contributed by atoms with E-state index >= 15 is 0 Å². The highest BCUT2D eigenvalue weighted by atomic mass is 19.2. The van der Waals surface area contributed by atoms with Gasteiger partial charge in [-0.3, -0.25) is 4.79 Å². The number of aliphatic hydroxyl groups is 1. The van der Waals surface area contributed by atoms with Crippen LogP contribution >= 0.6 is 0 Å². The third kappa shape index (κ3) is 3.22. The molecule has 0 aliphatic carbocycles. The smallest absolute Gasteiger partial charge is 0.254 e. The van der Waals surface area contributed by atoms with Gasteiger partial charge in [-0.25, -0.2) is 8.78 Å². The van der Waals surface area contributed by atoms with Gasteiger partial charge in [0.1, 0.15) is 0 Å². The Morgan fingerprint density at radius 1 is 1.25 bits per heavy atom. The van der Waals surface area contributed by atoms with Crippen molar-refractivity contribution in [3.8, 4) is 5.75 Å². The van der Waals surface area contributed by atoms with Crippen LogP contribution in [0.3, 0.4) is 0 Å². The summed E-state index contributed by atoms with van der Waals surface area (Å²) in [4.78, 5) is 11.7. The Morgan fingerprint density at radius 2 is 1.80 bits per heavy atom. The molecule has 0 aliphatic rings. The van der Waals surface area contributed by atoms with E-state index in [0.717, 1.165) is 0 Å². The van der Waals surface area contributed by atoms with Crippen LogP contribution in [-0.4, -0.2) is 28.3 Å². The number of hydrogen-bond acceptors (Lipinski definition) is 3. The molecule has 0 fully saturated rings. The second-order valence-corrected chi connectivity index (χ2v) is 4.50. The molecule has 0 aromatic heterocycles. The van der Waals surface area contributed by atoms with Gasteiger partial charge in [0.05, 0.1) is 11.2 Å². The summed E-state index contributed by atoms with van der Waals surface area (Å²) in [5.74, 6) is -7.42. The first-order chi connectivity index (χ1) is 9.25. The van der Waals surface area contributed by atoms with Gasteiger partial charge in [0, 0.05) is 6.54 Å². The van der Waals surface area contributed by atoms with Gasteiger partial charge < -0.3 is 15.5 Å². The summed E-state index contributed by atoms with van der Waals surface area (Å²) in [6.07, 6.45) is 0.713. The van der Waals surface area contributed by atoms with E-state index in [1.54, 1.807) is 13.8 Å². The first kappa shape index (κ1) is 16.3. The highest BCUT2D eigenvalue weighted by Gasteiger charge is 2.26. The minimum absolute atomic E-state index is 0.169. The predicted octanol–water partition coefficient (Wildman–Crippen LogP) is 2.09. The Kier molecular flexibility index (Phi) is 4.99. The maximum atomic E-state index is 13.5. The van der Waals surface area contributed by atoms with Crippen LogP contribution in [-0.2, 0) is 0 Å². The second-order valence-electron chi connectivity index (χ2n) is 4.50. The normalized spacial score (nSPS) is 11.5. The number of carbonyl (C=O) groups is 1. The zero-order valence-corrected chi connectivity index (χ0v) is 11.1. The maximum absolute atomic E-state index is 13.5. The molecular formula is C13H16F3NO3. The van der Waals surface area contributed by atoms with Crippen molar-refractivity contribution >= 4 is 5.91 Å².